The lowest BCUT2D eigenvalue weighted by Crippen LogP contribution is -2.45. The van der Waals surface area contributed by atoms with E-state index >= 15 is 0 Å². The van der Waals surface area contributed by atoms with E-state index in [9.17, 15) is 9.18 Å². The molecule has 1 spiro atoms. The van der Waals surface area contributed by atoms with Crippen molar-refractivity contribution in [3.05, 3.63) is 35.6 Å². The minimum atomic E-state index is -0.238. The molecular weight excluding hydrogens is 243 g/mol. The van der Waals surface area contributed by atoms with Crippen LogP contribution in [0, 0.1) is 11.2 Å². The van der Waals surface area contributed by atoms with Gasteiger partial charge in [-0.25, -0.2) is 4.39 Å². The first-order chi connectivity index (χ1) is 9.20. The van der Waals surface area contributed by atoms with Crippen LogP contribution in [0.2, 0.25) is 0 Å². The third-order valence-corrected chi connectivity index (χ3v) is 4.34. The Morgan fingerprint density at radius 1 is 1.37 bits per heavy atom. The summed E-state index contributed by atoms with van der Waals surface area (Å²) >= 11 is 0. The largest absolute Gasteiger partial charge is 0.338 e. The monoisotopic (exact) mass is 262 g/mol. The number of nitrogens with one attached hydrogen (secondary N) is 1. The SMILES string of the molecule is O=C1N(Cc2cccc(F)c2)CC[C@]12CCCNC2. The molecule has 0 radical (unpaired) electrons. The predicted octanol–water partition coefficient (Wildman–Crippen LogP) is 1.93. The Hall–Kier alpha value is -1.42. The number of hydrogen-bond acceptors (Lipinski definition) is 2. The number of benzene rings is 1. The highest BCUT2D eigenvalue weighted by Gasteiger charge is 2.46. The molecule has 1 N–H and O–H groups in total. The van der Waals surface area contributed by atoms with Gasteiger partial charge in [0, 0.05) is 19.6 Å². The van der Waals surface area contributed by atoms with Gasteiger partial charge in [0.1, 0.15) is 5.82 Å². The zero-order valence-corrected chi connectivity index (χ0v) is 11.0. The van der Waals surface area contributed by atoms with Crippen molar-refractivity contribution in [2.24, 2.45) is 5.41 Å². The molecule has 0 bridgehead atoms. The van der Waals surface area contributed by atoms with Crippen LogP contribution in [0.5, 0.6) is 0 Å². The highest BCUT2D eigenvalue weighted by molar-refractivity contribution is 5.85. The number of carbonyl (C=O) groups is 1. The number of carbonyl (C=O) groups excluding carboxylic acids is 1. The first-order valence-corrected chi connectivity index (χ1v) is 6.94. The lowest BCUT2D eigenvalue weighted by Gasteiger charge is -2.32. The van der Waals surface area contributed by atoms with Crippen LogP contribution >= 0.6 is 0 Å². The number of nitrogens with zero attached hydrogens (tertiary/aromatic N) is 1. The van der Waals surface area contributed by atoms with Crippen molar-refractivity contribution in [3.63, 3.8) is 0 Å². The minimum absolute atomic E-state index is 0.189. The van der Waals surface area contributed by atoms with Crippen molar-refractivity contribution in [3.8, 4) is 0 Å². The van der Waals surface area contributed by atoms with E-state index in [0.29, 0.717) is 6.54 Å². The van der Waals surface area contributed by atoms with E-state index < -0.39 is 0 Å². The standard InChI is InChI=1S/C15H19FN2O/c16-13-4-1-3-12(9-13)10-18-8-6-15(14(18)19)5-2-7-17-11-15/h1,3-4,9,17H,2,5-8,10-11H2/t15-/m0/s1. The van der Waals surface area contributed by atoms with Gasteiger partial charge in [0.15, 0.2) is 0 Å². The fourth-order valence-corrected chi connectivity index (χ4v) is 3.26. The smallest absolute Gasteiger partial charge is 0.230 e. The Morgan fingerprint density at radius 2 is 2.26 bits per heavy atom. The predicted molar refractivity (Wildman–Crippen MR) is 71.0 cm³/mol. The maximum Gasteiger partial charge on any atom is 0.230 e. The van der Waals surface area contributed by atoms with Gasteiger partial charge in [0.05, 0.1) is 5.41 Å². The molecule has 102 valence electrons. The number of hydrogen-bond donors (Lipinski definition) is 1. The Bertz CT molecular complexity index is 483. The fraction of sp³-hybridized carbons (Fsp3) is 0.533. The molecule has 2 aliphatic heterocycles. The number of amides is 1. The summed E-state index contributed by atoms with van der Waals surface area (Å²) < 4.78 is 13.2. The van der Waals surface area contributed by atoms with Gasteiger partial charge in [-0.1, -0.05) is 12.1 Å². The molecule has 0 aromatic heterocycles. The second kappa shape index (κ2) is 4.93. The van der Waals surface area contributed by atoms with Crippen molar-refractivity contribution >= 4 is 5.91 Å². The van der Waals surface area contributed by atoms with E-state index in [1.165, 1.54) is 12.1 Å². The molecule has 19 heavy (non-hydrogen) atoms. The van der Waals surface area contributed by atoms with Crippen LogP contribution in [0.15, 0.2) is 24.3 Å². The van der Waals surface area contributed by atoms with Gasteiger partial charge in [0.2, 0.25) is 5.91 Å². The summed E-state index contributed by atoms with van der Waals surface area (Å²) in [5, 5.41) is 3.33. The zero-order chi connectivity index (χ0) is 13.3. The molecule has 1 amide bonds. The summed E-state index contributed by atoms with van der Waals surface area (Å²) in [6.45, 7) is 3.12. The molecule has 2 heterocycles. The Kier molecular flexibility index (Phi) is 3.27. The number of halogens is 1. The molecule has 2 fully saturated rings. The molecular formula is C15H19FN2O. The summed E-state index contributed by atoms with van der Waals surface area (Å²) in [5.74, 6) is 0.00199. The minimum Gasteiger partial charge on any atom is -0.338 e. The van der Waals surface area contributed by atoms with E-state index in [-0.39, 0.29) is 17.1 Å². The van der Waals surface area contributed by atoms with Crippen LogP contribution in [0.4, 0.5) is 4.39 Å². The molecule has 3 nitrogen and oxygen atoms in total. The van der Waals surface area contributed by atoms with Gasteiger partial charge < -0.3 is 10.2 Å². The summed E-state index contributed by atoms with van der Waals surface area (Å²) in [5.41, 5.74) is 0.681. The molecule has 0 aliphatic carbocycles. The molecule has 0 saturated carbocycles. The molecule has 1 aromatic rings. The summed E-state index contributed by atoms with van der Waals surface area (Å²) in [7, 11) is 0. The Balaban J connectivity index is 1.72. The topological polar surface area (TPSA) is 32.3 Å². The highest BCUT2D eigenvalue weighted by atomic mass is 19.1. The molecule has 2 aliphatic rings. The highest BCUT2D eigenvalue weighted by Crippen LogP contribution is 2.38. The molecule has 0 unspecified atom stereocenters. The van der Waals surface area contributed by atoms with Crippen LogP contribution < -0.4 is 5.32 Å². The first-order valence-electron chi connectivity index (χ1n) is 6.94. The second-order valence-electron chi connectivity index (χ2n) is 5.67. The first kappa shape index (κ1) is 12.6. The lowest BCUT2D eigenvalue weighted by molar-refractivity contribution is -0.137. The van der Waals surface area contributed by atoms with Crippen LogP contribution in [0.25, 0.3) is 0 Å². The third kappa shape index (κ3) is 2.37. The number of piperidine rings is 1. The van der Waals surface area contributed by atoms with E-state index in [0.717, 1.165) is 44.5 Å². The van der Waals surface area contributed by atoms with Crippen molar-refractivity contribution in [1.29, 1.82) is 0 Å². The van der Waals surface area contributed by atoms with Crippen molar-refractivity contribution in [2.45, 2.75) is 25.8 Å². The summed E-state index contributed by atoms with van der Waals surface area (Å²) in [4.78, 5) is 14.4. The zero-order valence-electron chi connectivity index (χ0n) is 11.0. The maximum absolute atomic E-state index is 13.2. The average molecular weight is 262 g/mol. The number of rotatable bonds is 2. The van der Waals surface area contributed by atoms with E-state index in [1.54, 1.807) is 6.07 Å². The van der Waals surface area contributed by atoms with Gasteiger partial charge >= 0.3 is 0 Å². The lowest BCUT2D eigenvalue weighted by atomic mass is 9.79. The number of likely N-dealkylation sites (tertiary alicyclic amines) is 1. The van der Waals surface area contributed by atoms with Gasteiger partial charge in [-0.05, 0) is 43.5 Å². The normalized spacial score (nSPS) is 27.2. The van der Waals surface area contributed by atoms with Crippen LogP contribution in [0.3, 0.4) is 0 Å². The van der Waals surface area contributed by atoms with Gasteiger partial charge in [-0.15, -0.1) is 0 Å². The summed E-state index contributed by atoms with van der Waals surface area (Å²) in [6.07, 6.45) is 2.98. The molecule has 1 atom stereocenters. The molecule has 2 saturated heterocycles. The summed E-state index contributed by atoms with van der Waals surface area (Å²) in [6, 6.07) is 6.52. The Labute approximate surface area is 112 Å². The van der Waals surface area contributed by atoms with E-state index in [4.69, 9.17) is 0 Å². The third-order valence-electron chi connectivity index (χ3n) is 4.34. The quantitative estimate of drug-likeness (QED) is 0.883. The van der Waals surface area contributed by atoms with Crippen LogP contribution in [-0.2, 0) is 11.3 Å². The van der Waals surface area contributed by atoms with Gasteiger partial charge in [-0.3, -0.25) is 4.79 Å². The molecule has 4 heteroatoms. The Morgan fingerprint density at radius 3 is 3.00 bits per heavy atom. The van der Waals surface area contributed by atoms with Crippen LogP contribution in [0.1, 0.15) is 24.8 Å². The van der Waals surface area contributed by atoms with E-state index in [2.05, 4.69) is 5.32 Å². The van der Waals surface area contributed by atoms with Crippen LogP contribution in [-0.4, -0.2) is 30.4 Å². The van der Waals surface area contributed by atoms with Gasteiger partial charge in [-0.2, -0.15) is 0 Å². The fourth-order valence-electron chi connectivity index (χ4n) is 3.26. The molecule has 1 aromatic carbocycles. The second-order valence-corrected chi connectivity index (χ2v) is 5.67. The average Bonchev–Trinajstić information content (AvgIpc) is 2.70. The van der Waals surface area contributed by atoms with Crippen molar-refractivity contribution in [2.75, 3.05) is 19.6 Å². The van der Waals surface area contributed by atoms with Gasteiger partial charge in [0.25, 0.3) is 0 Å². The van der Waals surface area contributed by atoms with Crippen molar-refractivity contribution < 1.29 is 9.18 Å². The van der Waals surface area contributed by atoms with E-state index in [1.807, 2.05) is 11.0 Å². The molecule has 3 rings (SSSR count). The van der Waals surface area contributed by atoms with Crippen molar-refractivity contribution in [1.82, 2.24) is 10.2 Å². The maximum atomic E-state index is 13.2.